The Hall–Kier alpha value is -1.83. The fraction of sp³-hybridized carbons (Fsp3) is 0.462. The van der Waals surface area contributed by atoms with Gasteiger partial charge in [0.2, 0.25) is 0 Å². The topological polar surface area (TPSA) is 162 Å². The van der Waals surface area contributed by atoms with E-state index in [2.05, 4.69) is 31.9 Å². The van der Waals surface area contributed by atoms with Crippen LogP contribution in [0.1, 0.15) is 10.4 Å². The highest BCUT2D eigenvalue weighted by Crippen LogP contribution is 2.25. The Labute approximate surface area is 163 Å². The number of benzene rings is 1. The third-order valence-electron chi connectivity index (χ3n) is 3.12. The van der Waals surface area contributed by atoms with Gasteiger partial charge in [0.1, 0.15) is 24.5 Å². The number of carbonyl (C=O) groups excluding carboxylic acids is 1. The summed E-state index contributed by atoms with van der Waals surface area (Å²) in [5.41, 5.74) is -0.139. The molecule has 0 aromatic heterocycles. The summed E-state index contributed by atoms with van der Waals surface area (Å²) in [7, 11) is 0. The molecule has 0 aliphatic carbocycles. The Morgan fingerprint density at radius 3 is 2.04 bits per heavy atom. The number of aliphatic hydroxyl groups is 2. The van der Waals surface area contributed by atoms with Crippen molar-refractivity contribution in [1.82, 2.24) is 0 Å². The molecule has 0 spiro atoms. The Morgan fingerprint density at radius 2 is 1.54 bits per heavy atom. The minimum absolute atomic E-state index is 0.0816. The molecule has 13 heteroatoms. The quantitative estimate of drug-likeness (QED) is 0.156. The van der Waals surface area contributed by atoms with E-state index in [1.807, 2.05) is 0 Å². The largest absolute Gasteiger partial charge is 0.484 e. The highest BCUT2D eigenvalue weighted by atomic mass is 79.9. The normalized spacial score (nSPS) is 15.4. The number of nitrogens with zero attached hydrogens (tertiary/aromatic N) is 2. The first-order chi connectivity index (χ1) is 12.1. The molecule has 0 aliphatic heterocycles. The fourth-order valence-electron chi connectivity index (χ4n) is 1.52. The summed E-state index contributed by atoms with van der Waals surface area (Å²) in [4.78, 5) is 32.3. The van der Waals surface area contributed by atoms with Crippen LogP contribution in [-0.2, 0) is 4.74 Å². The third-order valence-corrected chi connectivity index (χ3v) is 4.66. The Bertz CT molecular complexity index is 689. The molecule has 1 aromatic carbocycles. The molecular formula is C13H14Br2N2O9. The zero-order valence-corrected chi connectivity index (χ0v) is 16.2. The predicted octanol–water partition coefficient (Wildman–Crippen LogP) is 0.943. The summed E-state index contributed by atoms with van der Waals surface area (Å²) in [6, 6.07) is 5.58. The van der Waals surface area contributed by atoms with Crippen molar-refractivity contribution in [2.24, 2.45) is 0 Å². The standard InChI is InChI=1S/C13H14Br2N2O9/c14-12(5-18,16(21)22)7-25-10-4-2-1-3-9(10)11(20)26-8-13(15,6-19)17(23)24/h1-4,18-19H,5-8H2. The number of halogens is 2. The van der Waals surface area contributed by atoms with Crippen molar-refractivity contribution in [3.8, 4) is 5.75 Å². The van der Waals surface area contributed by atoms with Crippen LogP contribution in [0.3, 0.4) is 0 Å². The van der Waals surface area contributed by atoms with Gasteiger partial charge in [0, 0.05) is 41.7 Å². The van der Waals surface area contributed by atoms with Crippen LogP contribution in [0.25, 0.3) is 0 Å². The van der Waals surface area contributed by atoms with Crippen LogP contribution in [0.5, 0.6) is 5.75 Å². The summed E-state index contributed by atoms with van der Waals surface area (Å²) >= 11 is 5.43. The molecule has 0 amide bonds. The predicted molar refractivity (Wildman–Crippen MR) is 93.7 cm³/mol. The molecule has 2 atom stereocenters. The van der Waals surface area contributed by atoms with E-state index in [-0.39, 0.29) is 11.3 Å². The minimum Gasteiger partial charge on any atom is -0.484 e. The second-order valence-electron chi connectivity index (χ2n) is 5.03. The zero-order chi connectivity index (χ0) is 20.0. The van der Waals surface area contributed by atoms with Crippen molar-refractivity contribution in [2.45, 2.75) is 8.90 Å². The summed E-state index contributed by atoms with van der Waals surface area (Å²) in [6.07, 6.45) is 0. The fourth-order valence-corrected chi connectivity index (χ4v) is 1.74. The van der Waals surface area contributed by atoms with E-state index >= 15 is 0 Å². The van der Waals surface area contributed by atoms with Crippen molar-refractivity contribution in [1.29, 1.82) is 0 Å². The Kier molecular flexibility index (Phi) is 7.87. The SMILES string of the molecule is O=C(OCC(Br)(CO)[N+](=O)[O-])c1ccccc1OCC(Br)(CO)[N+](=O)[O-]. The van der Waals surface area contributed by atoms with Crippen molar-refractivity contribution in [3.05, 3.63) is 50.1 Å². The number of hydrogen-bond acceptors (Lipinski definition) is 9. The molecule has 2 N–H and O–H groups in total. The van der Waals surface area contributed by atoms with Crippen LogP contribution in [-0.4, -0.2) is 61.4 Å². The molecule has 0 saturated heterocycles. The molecule has 0 heterocycles. The average molecular weight is 502 g/mol. The van der Waals surface area contributed by atoms with Crippen LogP contribution >= 0.6 is 31.9 Å². The maximum absolute atomic E-state index is 12.2. The number of rotatable bonds is 10. The first-order valence-corrected chi connectivity index (χ1v) is 8.46. The van der Waals surface area contributed by atoms with E-state index in [1.165, 1.54) is 24.3 Å². The second-order valence-corrected chi connectivity index (χ2v) is 7.98. The average Bonchev–Trinajstić information content (AvgIpc) is 2.63. The van der Waals surface area contributed by atoms with E-state index in [4.69, 9.17) is 19.7 Å². The number of ether oxygens (including phenoxy) is 2. The molecule has 0 radical (unpaired) electrons. The van der Waals surface area contributed by atoms with Gasteiger partial charge in [0.05, 0.1) is 0 Å². The number of aliphatic hydroxyl groups excluding tert-OH is 2. The van der Waals surface area contributed by atoms with Gasteiger partial charge in [-0.15, -0.1) is 0 Å². The lowest BCUT2D eigenvalue weighted by Crippen LogP contribution is -2.42. The molecular weight excluding hydrogens is 488 g/mol. The summed E-state index contributed by atoms with van der Waals surface area (Å²) < 4.78 is 6.06. The van der Waals surface area contributed by atoms with Crippen molar-refractivity contribution in [2.75, 3.05) is 26.4 Å². The van der Waals surface area contributed by atoms with Crippen LogP contribution in [0.15, 0.2) is 24.3 Å². The van der Waals surface area contributed by atoms with Crippen molar-refractivity contribution < 1.29 is 34.3 Å². The van der Waals surface area contributed by atoms with Crippen LogP contribution in [0.2, 0.25) is 0 Å². The molecule has 0 saturated carbocycles. The van der Waals surface area contributed by atoms with Gasteiger partial charge in [0.25, 0.3) is 0 Å². The number of hydrogen-bond donors (Lipinski definition) is 2. The van der Waals surface area contributed by atoms with E-state index in [1.54, 1.807) is 0 Å². The van der Waals surface area contributed by atoms with Gasteiger partial charge < -0.3 is 19.7 Å². The molecule has 1 rings (SSSR count). The van der Waals surface area contributed by atoms with E-state index in [0.717, 1.165) is 0 Å². The Morgan fingerprint density at radius 1 is 1.04 bits per heavy atom. The maximum Gasteiger partial charge on any atom is 0.342 e. The highest BCUT2D eigenvalue weighted by molar-refractivity contribution is 9.10. The van der Waals surface area contributed by atoms with E-state index < -0.39 is 51.1 Å². The second kappa shape index (κ2) is 9.21. The van der Waals surface area contributed by atoms with Gasteiger partial charge in [-0.3, -0.25) is 20.2 Å². The number of esters is 1. The molecule has 1 aromatic rings. The highest BCUT2D eigenvalue weighted by Gasteiger charge is 2.42. The van der Waals surface area contributed by atoms with Gasteiger partial charge in [-0.05, 0) is 12.1 Å². The smallest absolute Gasteiger partial charge is 0.342 e. The third kappa shape index (κ3) is 5.33. The van der Waals surface area contributed by atoms with Gasteiger partial charge >= 0.3 is 14.9 Å². The van der Waals surface area contributed by atoms with Crippen molar-refractivity contribution in [3.63, 3.8) is 0 Å². The lowest BCUT2D eigenvalue weighted by molar-refractivity contribution is -0.541. The van der Waals surface area contributed by atoms with Crippen molar-refractivity contribution >= 4 is 37.8 Å². The zero-order valence-electron chi connectivity index (χ0n) is 13.0. The van der Waals surface area contributed by atoms with Crippen LogP contribution < -0.4 is 4.74 Å². The van der Waals surface area contributed by atoms with E-state index in [0.29, 0.717) is 0 Å². The summed E-state index contributed by atoms with van der Waals surface area (Å²) in [5.74, 6) is -1.08. The number of nitro groups is 2. The lowest BCUT2D eigenvalue weighted by atomic mass is 10.2. The van der Waals surface area contributed by atoms with Gasteiger partial charge in [0.15, 0.2) is 13.2 Å². The first kappa shape index (κ1) is 22.2. The minimum atomic E-state index is -2.05. The van der Waals surface area contributed by atoms with Gasteiger partial charge in [-0.25, -0.2) is 4.79 Å². The number of carbonyl (C=O) groups is 1. The molecule has 2 unspecified atom stereocenters. The van der Waals surface area contributed by atoms with Gasteiger partial charge in [-0.1, -0.05) is 12.1 Å². The summed E-state index contributed by atoms with van der Waals surface area (Å²) in [6.45, 7) is -3.15. The molecule has 144 valence electrons. The number of alkyl halides is 2. The maximum atomic E-state index is 12.2. The van der Waals surface area contributed by atoms with Crippen LogP contribution in [0.4, 0.5) is 0 Å². The van der Waals surface area contributed by atoms with E-state index in [9.17, 15) is 25.0 Å². The molecule has 11 nitrogen and oxygen atoms in total. The summed E-state index contributed by atoms with van der Waals surface area (Å²) in [5, 5.41) is 40.0. The molecule has 26 heavy (non-hydrogen) atoms. The molecule has 0 fully saturated rings. The Balaban J connectivity index is 2.90. The lowest BCUT2D eigenvalue weighted by Gasteiger charge is -2.19. The van der Waals surface area contributed by atoms with Gasteiger partial charge in [-0.2, -0.15) is 0 Å². The molecule has 0 bridgehead atoms. The first-order valence-electron chi connectivity index (χ1n) is 6.87. The molecule has 0 aliphatic rings. The number of para-hydroxylation sites is 1. The monoisotopic (exact) mass is 500 g/mol. The van der Waals surface area contributed by atoms with Crippen LogP contribution in [0, 0.1) is 20.2 Å².